The van der Waals surface area contributed by atoms with E-state index in [0.29, 0.717) is 22.2 Å². The first-order valence-electron chi connectivity index (χ1n) is 8.80. The van der Waals surface area contributed by atoms with Gasteiger partial charge in [0.05, 0.1) is 4.47 Å². The summed E-state index contributed by atoms with van der Waals surface area (Å²) >= 11 is 9.49. The molecule has 1 N–H and O–H groups in total. The Balaban J connectivity index is 1.57. The predicted molar refractivity (Wildman–Crippen MR) is 116 cm³/mol. The maximum atomic E-state index is 12.3. The molecule has 0 radical (unpaired) electrons. The highest BCUT2D eigenvalue weighted by Gasteiger charge is 2.13. The molecule has 0 aliphatic rings. The third-order valence-electron chi connectivity index (χ3n) is 4.39. The summed E-state index contributed by atoms with van der Waals surface area (Å²) in [7, 11) is 0. The van der Waals surface area contributed by atoms with Gasteiger partial charge in [-0.1, -0.05) is 24.6 Å². The van der Waals surface area contributed by atoms with E-state index in [2.05, 4.69) is 33.2 Å². The number of nitrogens with zero attached hydrogens (tertiary/aromatic N) is 1. The normalized spacial score (nSPS) is 11.0. The summed E-state index contributed by atoms with van der Waals surface area (Å²) in [5.74, 6) is 0.324. The van der Waals surface area contributed by atoms with Crippen LogP contribution in [0.15, 0.2) is 69.6 Å². The third-order valence-corrected chi connectivity index (χ3v) is 5.21. The third kappa shape index (κ3) is 3.81. The Morgan fingerprint density at radius 2 is 1.93 bits per heavy atom. The minimum Gasteiger partial charge on any atom is -0.435 e. The van der Waals surface area contributed by atoms with Crippen molar-refractivity contribution >= 4 is 50.2 Å². The predicted octanol–water partition coefficient (Wildman–Crippen LogP) is 6.73. The van der Waals surface area contributed by atoms with Crippen LogP contribution in [0, 0.1) is 0 Å². The van der Waals surface area contributed by atoms with Gasteiger partial charge in [-0.15, -0.1) is 0 Å². The fourth-order valence-electron chi connectivity index (χ4n) is 2.90. The molecular formula is C22H16BrClN2O2. The van der Waals surface area contributed by atoms with Crippen LogP contribution in [0.3, 0.4) is 0 Å². The summed E-state index contributed by atoms with van der Waals surface area (Å²) in [5.41, 5.74) is 4.76. The Kier molecular flexibility index (Phi) is 5.20. The first-order chi connectivity index (χ1) is 13.5. The summed E-state index contributed by atoms with van der Waals surface area (Å²) in [6.07, 6.45) is 0.928. The van der Waals surface area contributed by atoms with E-state index in [1.54, 1.807) is 24.3 Å². The van der Waals surface area contributed by atoms with Crippen molar-refractivity contribution < 1.29 is 9.21 Å². The van der Waals surface area contributed by atoms with E-state index in [-0.39, 0.29) is 5.91 Å². The van der Waals surface area contributed by atoms with Gasteiger partial charge in [0.15, 0.2) is 5.58 Å². The Labute approximate surface area is 175 Å². The molecule has 0 aliphatic carbocycles. The highest BCUT2D eigenvalue weighted by molar-refractivity contribution is 9.10. The van der Waals surface area contributed by atoms with Crippen LogP contribution in [0.4, 0.5) is 5.69 Å². The second-order valence-electron chi connectivity index (χ2n) is 6.34. The first kappa shape index (κ1) is 18.7. The molecule has 6 heteroatoms. The molecule has 1 amide bonds. The SMILES string of the molecule is CCc1cc(Br)c2oc(-c3ccc(NC(=O)c4cccc(Cl)c4)cc3)nc2c1. The molecule has 0 unspecified atom stereocenters. The number of halogens is 2. The van der Waals surface area contributed by atoms with Crippen LogP contribution in [-0.4, -0.2) is 10.9 Å². The van der Waals surface area contributed by atoms with Gasteiger partial charge in [-0.05, 0) is 82.5 Å². The van der Waals surface area contributed by atoms with Gasteiger partial charge >= 0.3 is 0 Å². The second kappa shape index (κ2) is 7.78. The monoisotopic (exact) mass is 454 g/mol. The van der Waals surface area contributed by atoms with Crippen LogP contribution < -0.4 is 5.32 Å². The first-order valence-corrected chi connectivity index (χ1v) is 9.97. The van der Waals surface area contributed by atoms with E-state index in [4.69, 9.17) is 16.0 Å². The minimum atomic E-state index is -0.215. The van der Waals surface area contributed by atoms with Gasteiger partial charge in [-0.25, -0.2) is 4.98 Å². The Morgan fingerprint density at radius 1 is 1.14 bits per heavy atom. The van der Waals surface area contributed by atoms with Crippen LogP contribution in [0.1, 0.15) is 22.8 Å². The van der Waals surface area contributed by atoms with Crippen LogP contribution in [0.2, 0.25) is 5.02 Å². The molecule has 4 nitrogen and oxygen atoms in total. The molecule has 0 bridgehead atoms. The van der Waals surface area contributed by atoms with E-state index in [0.717, 1.165) is 27.6 Å². The van der Waals surface area contributed by atoms with Crippen molar-refractivity contribution in [3.05, 3.63) is 81.3 Å². The molecule has 0 saturated heterocycles. The lowest BCUT2D eigenvalue weighted by molar-refractivity contribution is 0.102. The van der Waals surface area contributed by atoms with Crippen LogP contribution in [0.5, 0.6) is 0 Å². The zero-order valence-electron chi connectivity index (χ0n) is 15.0. The number of fused-ring (bicyclic) bond motifs is 1. The summed E-state index contributed by atoms with van der Waals surface area (Å²) < 4.78 is 6.82. The standard InChI is InChI=1S/C22H16BrClN2O2/c1-2-13-10-18(23)20-19(11-13)26-22(28-20)14-6-8-17(9-7-14)25-21(27)15-4-3-5-16(24)12-15/h3-12H,2H2,1H3,(H,25,27). The molecule has 0 aliphatic heterocycles. The number of benzene rings is 3. The fourth-order valence-corrected chi connectivity index (χ4v) is 3.67. The molecule has 0 spiro atoms. The zero-order valence-corrected chi connectivity index (χ0v) is 17.3. The van der Waals surface area contributed by atoms with Crippen LogP contribution in [-0.2, 0) is 6.42 Å². The number of nitrogens with one attached hydrogen (secondary N) is 1. The smallest absolute Gasteiger partial charge is 0.255 e. The fraction of sp³-hybridized carbons (Fsp3) is 0.0909. The lowest BCUT2D eigenvalue weighted by Crippen LogP contribution is -2.11. The lowest BCUT2D eigenvalue weighted by Gasteiger charge is -2.06. The molecule has 3 aromatic carbocycles. The molecule has 0 atom stereocenters. The van der Waals surface area contributed by atoms with E-state index in [9.17, 15) is 4.79 Å². The average Bonchev–Trinajstić information content (AvgIpc) is 3.13. The molecule has 0 fully saturated rings. The number of oxazole rings is 1. The maximum absolute atomic E-state index is 12.3. The van der Waals surface area contributed by atoms with Gasteiger partial charge in [0.1, 0.15) is 5.52 Å². The maximum Gasteiger partial charge on any atom is 0.255 e. The molecule has 1 heterocycles. The highest BCUT2D eigenvalue weighted by Crippen LogP contribution is 2.31. The number of rotatable bonds is 4. The molecule has 28 heavy (non-hydrogen) atoms. The number of hydrogen-bond donors (Lipinski definition) is 1. The molecule has 140 valence electrons. The number of carbonyl (C=O) groups excluding carboxylic acids is 1. The summed E-state index contributed by atoms with van der Waals surface area (Å²) in [6.45, 7) is 2.10. The van der Waals surface area contributed by atoms with Gasteiger partial charge in [0.25, 0.3) is 5.91 Å². The zero-order chi connectivity index (χ0) is 19.7. The van der Waals surface area contributed by atoms with Crippen molar-refractivity contribution in [3.63, 3.8) is 0 Å². The van der Waals surface area contributed by atoms with Gasteiger partial charge in [-0.3, -0.25) is 4.79 Å². The van der Waals surface area contributed by atoms with Crippen molar-refractivity contribution in [2.24, 2.45) is 0 Å². The topological polar surface area (TPSA) is 55.1 Å². The molecule has 1 aromatic heterocycles. The van der Waals surface area contributed by atoms with Crippen molar-refractivity contribution in [3.8, 4) is 11.5 Å². The van der Waals surface area contributed by atoms with Crippen molar-refractivity contribution in [2.75, 3.05) is 5.32 Å². The highest BCUT2D eigenvalue weighted by atomic mass is 79.9. The molecule has 0 saturated carbocycles. The summed E-state index contributed by atoms with van der Waals surface area (Å²) in [4.78, 5) is 16.9. The Morgan fingerprint density at radius 3 is 2.64 bits per heavy atom. The van der Waals surface area contributed by atoms with E-state index < -0.39 is 0 Å². The Hall–Kier alpha value is -2.63. The van der Waals surface area contributed by atoms with Gasteiger partial charge < -0.3 is 9.73 Å². The minimum absolute atomic E-state index is 0.215. The van der Waals surface area contributed by atoms with Gasteiger partial charge in [-0.2, -0.15) is 0 Å². The second-order valence-corrected chi connectivity index (χ2v) is 7.63. The number of anilines is 1. The quantitative estimate of drug-likeness (QED) is 0.371. The molecule has 4 aromatic rings. The number of aromatic nitrogens is 1. The van der Waals surface area contributed by atoms with Crippen molar-refractivity contribution in [1.29, 1.82) is 0 Å². The summed E-state index contributed by atoms with van der Waals surface area (Å²) in [6, 6.07) is 18.3. The van der Waals surface area contributed by atoms with Crippen molar-refractivity contribution in [1.82, 2.24) is 4.98 Å². The molecule has 4 rings (SSSR count). The number of hydrogen-bond acceptors (Lipinski definition) is 3. The molecular weight excluding hydrogens is 440 g/mol. The van der Waals surface area contributed by atoms with Gasteiger partial charge in [0.2, 0.25) is 5.89 Å². The van der Waals surface area contributed by atoms with Gasteiger partial charge in [0, 0.05) is 21.8 Å². The Bertz CT molecular complexity index is 1170. The number of amides is 1. The lowest BCUT2D eigenvalue weighted by atomic mass is 10.1. The van der Waals surface area contributed by atoms with E-state index in [1.165, 1.54) is 5.56 Å². The van der Waals surface area contributed by atoms with Crippen molar-refractivity contribution in [2.45, 2.75) is 13.3 Å². The van der Waals surface area contributed by atoms with Crippen LogP contribution >= 0.6 is 27.5 Å². The van der Waals surface area contributed by atoms with E-state index >= 15 is 0 Å². The largest absolute Gasteiger partial charge is 0.435 e. The number of carbonyl (C=O) groups is 1. The van der Waals surface area contributed by atoms with Crippen LogP contribution in [0.25, 0.3) is 22.6 Å². The van der Waals surface area contributed by atoms with E-state index in [1.807, 2.05) is 36.4 Å². The average molecular weight is 456 g/mol. The summed E-state index contributed by atoms with van der Waals surface area (Å²) in [5, 5.41) is 3.38. The number of aryl methyl sites for hydroxylation is 1.